The number of carbonyl (C=O) groups excluding carboxylic acids is 2. The number of hydrogen-bond donors (Lipinski definition) is 1. The minimum Gasteiger partial charge on any atom is -0.314 e. The van der Waals surface area contributed by atoms with Crippen molar-refractivity contribution in [1.29, 1.82) is 0 Å². The molecule has 9 nitrogen and oxygen atoms in total. The maximum Gasteiger partial charge on any atom is 0.263 e. The molecular formula is C22H24N6O3. The van der Waals surface area contributed by atoms with Crippen molar-refractivity contribution in [3.63, 3.8) is 0 Å². The summed E-state index contributed by atoms with van der Waals surface area (Å²) in [5, 5.41) is 3.69. The largest absolute Gasteiger partial charge is 0.314 e. The zero-order valence-corrected chi connectivity index (χ0v) is 17.8. The van der Waals surface area contributed by atoms with E-state index in [2.05, 4.69) is 20.3 Å². The van der Waals surface area contributed by atoms with Crippen molar-refractivity contribution in [3.05, 3.63) is 46.5 Å². The topological polar surface area (TPSA) is 110 Å². The average Bonchev–Trinajstić information content (AvgIpc) is 3.27. The van der Waals surface area contributed by atoms with Crippen LogP contribution in [0.25, 0.3) is 11.0 Å². The van der Waals surface area contributed by atoms with Crippen LogP contribution in [0.1, 0.15) is 55.9 Å². The van der Waals surface area contributed by atoms with Crippen molar-refractivity contribution in [2.24, 2.45) is 0 Å². The SMILES string of the molecule is CC(=O)c1cc2cnc(Nc3ccc(N(C)C(C)=O)cn3)nc2n(C2CCCC2)c1=O. The second-order valence-electron chi connectivity index (χ2n) is 7.80. The van der Waals surface area contributed by atoms with Crippen LogP contribution in [0.2, 0.25) is 0 Å². The van der Waals surface area contributed by atoms with Crippen LogP contribution >= 0.6 is 0 Å². The van der Waals surface area contributed by atoms with Gasteiger partial charge in [-0.15, -0.1) is 0 Å². The molecule has 0 spiro atoms. The third-order valence-electron chi connectivity index (χ3n) is 5.69. The fourth-order valence-electron chi connectivity index (χ4n) is 3.89. The highest BCUT2D eigenvalue weighted by Crippen LogP contribution is 2.31. The van der Waals surface area contributed by atoms with Crippen LogP contribution in [0, 0.1) is 0 Å². The molecule has 1 amide bonds. The van der Waals surface area contributed by atoms with Gasteiger partial charge in [0.2, 0.25) is 11.9 Å². The highest BCUT2D eigenvalue weighted by atomic mass is 16.2. The molecule has 3 heterocycles. The fourth-order valence-corrected chi connectivity index (χ4v) is 3.89. The first-order valence-corrected chi connectivity index (χ1v) is 10.3. The smallest absolute Gasteiger partial charge is 0.263 e. The normalized spacial score (nSPS) is 14.0. The maximum absolute atomic E-state index is 13.1. The van der Waals surface area contributed by atoms with Crippen LogP contribution in [0.15, 0.2) is 35.4 Å². The number of aromatic nitrogens is 4. The molecule has 1 saturated carbocycles. The molecule has 0 aliphatic heterocycles. The Morgan fingerprint density at radius 2 is 1.87 bits per heavy atom. The monoisotopic (exact) mass is 420 g/mol. The number of fused-ring (bicyclic) bond motifs is 1. The molecule has 1 aliphatic carbocycles. The number of nitrogens with zero attached hydrogens (tertiary/aromatic N) is 5. The highest BCUT2D eigenvalue weighted by Gasteiger charge is 2.23. The molecule has 1 fully saturated rings. The van der Waals surface area contributed by atoms with Crippen LogP contribution in [-0.2, 0) is 4.79 Å². The minimum atomic E-state index is -0.300. The summed E-state index contributed by atoms with van der Waals surface area (Å²) in [6.45, 7) is 2.88. The molecule has 9 heteroatoms. The minimum absolute atomic E-state index is 0.0246. The summed E-state index contributed by atoms with van der Waals surface area (Å²) >= 11 is 0. The lowest BCUT2D eigenvalue weighted by atomic mass is 10.1. The van der Waals surface area contributed by atoms with Crippen LogP contribution in [0.5, 0.6) is 0 Å². The highest BCUT2D eigenvalue weighted by molar-refractivity contribution is 5.96. The Kier molecular flexibility index (Phi) is 5.50. The third kappa shape index (κ3) is 4.03. The number of hydrogen-bond acceptors (Lipinski definition) is 7. The van der Waals surface area contributed by atoms with Gasteiger partial charge in [-0.3, -0.25) is 19.0 Å². The van der Waals surface area contributed by atoms with Crippen LogP contribution in [0.3, 0.4) is 0 Å². The maximum atomic E-state index is 13.1. The molecule has 0 aromatic carbocycles. The molecule has 0 saturated heterocycles. The number of carbonyl (C=O) groups is 2. The molecular weight excluding hydrogens is 396 g/mol. The molecule has 3 aromatic heterocycles. The van der Waals surface area contributed by atoms with E-state index in [1.54, 1.807) is 42.2 Å². The molecule has 0 atom stereocenters. The predicted molar refractivity (Wildman–Crippen MR) is 118 cm³/mol. The zero-order valence-electron chi connectivity index (χ0n) is 17.8. The quantitative estimate of drug-likeness (QED) is 0.631. The number of pyridine rings is 2. The molecule has 160 valence electrons. The third-order valence-corrected chi connectivity index (χ3v) is 5.69. The second-order valence-corrected chi connectivity index (χ2v) is 7.80. The van der Waals surface area contributed by atoms with Gasteiger partial charge >= 0.3 is 0 Å². The van der Waals surface area contributed by atoms with E-state index < -0.39 is 0 Å². The van der Waals surface area contributed by atoms with E-state index in [1.807, 2.05) is 0 Å². The predicted octanol–water partition coefficient (Wildman–Crippen LogP) is 3.23. The molecule has 4 rings (SSSR count). The second kappa shape index (κ2) is 8.25. The first kappa shape index (κ1) is 20.6. The van der Waals surface area contributed by atoms with E-state index in [4.69, 9.17) is 0 Å². The molecule has 1 N–H and O–H groups in total. The van der Waals surface area contributed by atoms with E-state index in [-0.39, 0.29) is 28.9 Å². The van der Waals surface area contributed by atoms with Crippen molar-refractivity contribution >= 4 is 40.2 Å². The molecule has 0 unspecified atom stereocenters. The van der Waals surface area contributed by atoms with Gasteiger partial charge < -0.3 is 10.2 Å². The van der Waals surface area contributed by atoms with Gasteiger partial charge in [-0.05, 0) is 38.0 Å². The van der Waals surface area contributed by atoms with Gasteiger partial charge in [-0.1, -0.05) is 12.8 Å². The van der Waals surface area contributed by atoms with Crippen molar-refractivity contribution in [2.45, 2.75) is 45.6 Å². The van der Waals surface area contributed by atoms with Gasteiger partial charge in [0, 0.05) is 31.6 Å². The summed E-state index contributed by atoms with van der Waals surface area (Å²) in [6.07, 6.45) is 7.05. The molecule has 31 heavy (non-hydrogen) atoms. The first-order valence-electron chi connectivity index (χ1n) is 10.3. The number of nitrogens with one attached hydrogen (secondary N) is 1. The number of anilines is 3. The Morgan fingerprint density at radius 3 is 2.48 bits per heavy atom. The van der Waals surface area contributed by atoms with Crippen molar-refractivity contribution < 1.29 is 9.59 Å². The van der Waals surface area contributed by atoms with Gasteiger partial charge in [0.15, 0.2) is 5.78 Å². The van der Waals surface area contributed by atoms with Gasteiger partial charge in [-0.25, -0.2) is 9.97 Å². The van der Waals surface area contributed by atoms with E-state index in [9.17, 15) is 14.4 Å². The van der Waals surface area contributed by atoms with Crippen molar-refractivity contribution in [1.82, 2.24) is 19.5 Å². The number of amides is 1. The number of rotatable bonds is 5. The Bertz CT molecular complexity index is 1210. The van der Waals surface area contributed by atoms with Gasteiger partial charge in [0.25, 0.3) is 5.56 Å². The van der Waals surface area contributed by atoms with Gasteiger partial charge in [0.1, 0.15) is 11.5 Å². The Morgan fingerprint density at radius 1 is 1.13 bits per heavy atom. The van der Waals surface area contributed by atoms with Gasteiger partial charge in [0.05, 0.1) is 17.4 Å². The summed E-state index contributed by atoms with van der Waals surface area (Å²) in [7, 11) is 1.68. The standard InChI is InChI=1S/C22H24N6O3/c1-13(29)18-10-15-11-24-22(25-19-9-8-17(12-23-19)27(3)14(2)30)26-20(15)28(21(18)31)16-6-4-5-7-16/h8-12,16H,4-7H2,1-3H3,(H,23,24,25,26). The summed E-state index contributed by atoms with van der Waals surface area (Å²) in [5.41, 5.74) is 1.04. The van der Waals surface area contributed by atoms with E-state index in [1.165, 1.54) is 18.7 Å². The lowest BCUT2D eigenvalue weighted by molar-refractivity contribution is -0.116. The van der Waals surface area contributed by atoms with E-state index in [0.717, 1.165) is 25.7 Å². The molecule has 3 aromatic rings. The lowest BCUT2D eigenvalue weighted by Gasteiger charge is -2.18. The Labute approximate surface area is 179 Å². The Balaban J connectivity index is 1.72. The number of Topliss-reactive ketones (excluding diaryl/α,β-unsaturated/α-hetero) is 1. The van der Waals surface area contributed by atoms with Crippen molar-refractivity contribution in [3.8, 4) is 0 Å². The van der Waals surface area contributed by atoms with Gasteiger partial charge in [-0.2, -0.15) is 4.98 Å². The lowest BCUT2D eigenvalue weighted by Crippen LogP contribution is -2.29. The zero-order chi connectivity index (χ0) is 22.1. The van der Waals surface area contributed by atoms with E-state index >= 15 is 0 Å². The van der Waals surface area contributed by atoms with Crippen LogP contribution in [-0.4, -0.2) is 38.3 Å². The summed E-state index contributed by atoms with van der Waals surface area (Å²) in [5.74, 6) is 0.459. The first-order chi connectivity index (χ1) is 14.8. The number of ketones is 1. The molecule has 0 radical (unpaired) electrons. The Hall–Kier alpha value is -3.62. The summed E-state index contributed by atoms with van der Waals surface area (Å²) in [4.78, 5) is 51.3. The van der Waals surface area contributed by atoms with Crippen LogP contribution < -0.4 is 15.8 Å². The fraction of sp³-hybridized carbons (Fsp3) is 0.364. The molecule has 0 bridgehead atoms. The van der Waals surface area contributed by atoms with Crippen LogP contribution in [0.4, 0.5) is 17.5 Å². The van der Waals surface area contributed by atoms with E-state index in [0.29, 0.717) is 28.5 Å². The molecule has 1 aliphatic rings. The summed E-state index contributed by atoms with van der Waals surface area (Å²) in [6, 6.07) is 5.09. The average molecular weight is 420 g/mol. The summed E-state index contributed by atoms with van der Waals surface area (Å²) < 4.78 is 1.66. The van der Waals surface area contributed by atoms with Crippen molar-refractivity contribution in [2.75, 3.05) is 17.3 Å².